The van der Waals surface area contributed by atoms with Crippen molar-refractivity contribution in [3.8, 4) is 0 Å². The second kappa shape index (κ2) is 6.75. The van der Waals surface area contributed by atoms with Gasteiger partial charge in [0, 0.05) is 30.4 Å². The van der Waals surface area contributed by atoms with Crippen LogP contribution >= 0.6 is 11.6 Å². The van der Waals surface area contributed by atoms with Gasteiger partial charge in [-0.15, -0.1) is 0 Å². The highest BCUT2D eigenvalue weighted by atomic mass is 35.5. The van der Waals surface area contributed by atoms with Crippen LogP contribution in [0.1, 0.15) is 48.7 Å². The first-order valence-corrected chi connectivity index (χ1v) is 7.89. The Morgan fingerprint density at radius 3 is 2.48 bits per heavy atom. The number of carbonyl (C=O) groups is 1. The molecule has 1 saturated heterocycles. The highest BCUT2D eigenvalue weighted by Crippen LogP contribution is 2.21. The highest BCUT2D eigenvalue weighted by Gasteiger charge is 2.25. The van der Waals surface area contributed by atoms with E-state index >= 15 is 0 Å². The fourth-order valence-corrected chi connectivity index (χ4v) is 2.92. The van der Waals surface area contributed by atoms with Gasteiger partial charge in [0.2, 0.25) is 0 Å². The summed E-state index contributed by atoms with van der Waals surface area (Å²) in [7, 11) is 4.19. The van der Waals surface area contributed by atoms with E-state index < -0.39 is 0 Å². The summed E-state index contributed by atoms with van der Waals surface area (Å²) in [6.45, 7) is 5.71. The SMILES string of the molecule is CC(C)c1cc(C(=O)N2CCC(N(C)C)CC2)cc(Cl)n1. The number of hydrogen-bond acceptors (Lipinski definition) is 3. The Labute approximate surface area is 132 Å². The molecule has 1 aliphatic heterocycles. The summed E-state index contributed by atoms with van der Waals surface area (Å²) in [5.74, 6) is 0.327. The van der Waals surface area contributed by atoms with Crippen molar-refractivity contribution < 1.29 is 4.79 Å². The molecule has 1 aromatic heterocycles. The predicted molar refractivity (Wildman–Crippen MR) is 85.9 cm³/mol. The molecular weight excluding hydrogens is 286 g/mol. The van der Waals surface area contributed by atoms with E-state index in [1.807, 2.05) is 11.0 Å². The van der Waals surface area contributed by atoms with Crippen molar-refractivity contribution >= 4 is 17.5 Å². The van der Waals surface area contributed by atoms with Crippen molar-refractivity contribution in [3.63, 3.8) is 0 Å². The number of pyridine rings is 1. The van der Waals surface area contributed by atoms with Crippen molar-refractivity contribution in [1.82, 2.24) is 14.8 Å². The Morgan fingerprint density at radius 1 is 1.33 bits per heavy atom. The zero-order valence-corrected chi connectivity index (χ0v) is 14.0. The van der Waals surface area contributed by atoms with E-state index in [1.54, 1.807) is 6.07 Å². The van der Waals surface area contributed by atoms with Crippen LogP contribution in [0.5, 0.6) is 0 Å². The van der Waals surface area contributed by atoms with Crippen LogP contribution in [0.4, 0.5) is 0 Å². The molecule has 2 heterocycles. The fraction of sp³-hybridized carbons (Fsp3) is 0.625. The smallest absolute Gasteiger partial charge is 0.254 e. The van der Waals surface area contributed by atoms with Crippen molar-refractivity contribution in [2.45, 2.75) is 38.6 Å². The number of nitrogens with zero attached hydrogens (tertiary/aromatic N) is 3. The summed E-state index contributed by atoms with van der Waals surface area (Å²) in [6.07, 6.45) is 2.04. The lowest BCUT2D eigenvalue weighted by Gasteiger charge is -2.35. The summed E-state index contributed by atoms with van der Waals surface area (Å²) in [6, 6.07) is 4.12. The van der Waals surface area contributed by atoms with E-state index in [0.29, 0.717) is 16.8 Å². The number of hydrogen-bond donors (Lipinski definition) is 0. The molecule has 2 rings (SSSR count). The normalized spacial score (nSPS) is 16.8. The molecule has 116 valence electrons. The first kappa shape index (κ1) is 16.2. The van der Waals surface area contributed by atoms with Crippen LogP contribution in [0.2, 0.25) is 5.15 Å². The van der Waals surface area contributed by atoms with Gasteiger partial charge >= 0.3 is 0 Å². The molecule has 4 nitrogen and oxygen atoms in total. The van der Waals surface area contributed by atoms with E-state index in [-0.39, 0.29) is 11.8 Å². The van der Waals surface area contributed by atoms with E-state index in [2.05, 4.69) is 37.8 Å². The van der Waals surface area contributed by atoms with E-state index in [0.717, 1.165) is 31.6 Å². The number of rotatable bonds is 3. The van der Waals surface area contributed by atoms with E-state index in [9.17, 15) is 4.79 Å². The number of aromatic nitrogens is 1. The van der Waals surface area contributed by atoms with Gasteiger partial charge in [-0.1, -0.05) is 25.4 Å². The zero-order valence-electron chi connectivity index (χ0n) is 13.3. The summed E-state index contributed by atoms with van der Waals surface area (Å²) < 4.78 is 0. The number of piperidine rings is 1. The quantitative estimate of drug-likeness (QED) is 0.805. The Bertz CT molecular complexity index is 508. The molecular formula is C16H24ClN3O. The van der Waals surface area contributed by atoms with Crippen LogP contribution in [0.3, 0.4) is 0 Å². The van der Waals surface area contributed by atoms with Crippen LogP contribution in [0.25, 0.3) is 0 Å². The molecule has 0 aliphatic carbocycles. The van der Waals surface area contributed by atoms with Gasteiger partial charge in [-0.2, -0.15) is 0 Å². The lowest BCUT2D eigenvalue weighted by atomic mass is 10.0. The minimum atomic E-state index is 0.0680. The van der Waals surface area contributed by atoms with Crippen LogP contribution < -0.4 is 0 Å². The molecule has 0 N–H and O–H groups in total. The van der Waals surface area contributed by atoms with Crippen LogP contribution in [0.15, 0.2) is 12.1 Å². The summed E-state index contributed by atoms with van der Waals surface area (Å²) in [4.78, 5) is 21.1. The molecule has 1 aromatic rings. The van der Waals surface area contributed by atoms with E-state index in [4.69, 9.17) is 11.6 Å². The third kappa shape index (κ3) is 3.95. The van der Waals surface area contributed by atoms with Gasteiger partial charge in [0.1, 0.15) is 5.15 Å². The van der Waals surface area contributed by atoms with Crippen molar-refractivity contribution in [3.05, 3.63) is 28.5 Å². The van der Waals surface area contributed by atoms with Gasteiger partial charge in [-0.25, -0.2) is 4.98 Å². The predicted octanol–water partition coefficient (Wildman–Crippen LogP) is 3.02. The summed E-state index contributed by atoms with van der Waals surface area (Å²) in [5, 5.41) is 0.396. The minimum absolute atomic E-state index is 0.0680. The Balaban J connectivity index is 2.11. The largest absolute Gasteiger partial charge is 0.339 e. The molecule has 1 amide bonds. The first-order chi connectivity index (χ1) is 9.88. The Kier molecular flexibility index (Phi) is 5.22. The summed E-state index contributed by atoms with van der Waals surface area (Å²) in [5.41, 5.74) is 1.52. The Morgan fingerprint density at radius 2 is 1.95 bits per heavy atom. The second-order valence-corrected chi connectivity index (χ2v) is 6.63. The van der Waals surface area contributed by atoms with Crippen molar-refractivity contribution in [2.24, 2.45) is 0 Å². The highest BCUT2D eigenvalue weighted by molar-refractivity contribution is 6.29. The molecule has 21 heavy (non-hydrogen) atoms. The maximum Gasteiger partial charge on any atom is 0.254 e. The molecule has 0 unspecified atom stereocenters. The minimum Gasteiger partial charge on any atom is -0.339 e. The molecule has 0 atom stereocenters. The van der Waals surface area contributed by atoms with Crippen LogP contribution in [-0.2, 0) is 0 Å². The first-order valence-electron chi connectivity index (χ1n) is 7.51. The summed E-state index contributed by atoms with van der Waals surface area (Å²) >= 11 is 6.05. The van der Waals surface area contributed by atoms with Crippen molar-refractivity contribution in [2.75, 3.05) is 27.2 Å². The van der Waals surface area contributed by atoms with Crippen LogP contribution in [-0.4, -0.2) is 53.9 Å². The maximum absolute atomic E-state index is 12.6. The topological polar surface area (TPSA) is 36.4 Å². The van der Waals surface area contributed by atoms with Gasteiger partial charge in [-0.3, -0.25) is 4.79 Å². The molecule has 0 bridgehead atoms. The lowest BCUT2D eigenvalue weighted by molar-refractivity contribution is 0.0663. The monoisotopic (exact) mass is 309 g/mol. The molecule has 0 aromatic carbocycles. The second-order valence-electron chi connectivity index (χ2n) is 6.25. The number of likely N-dealkylation sites (tertiary alicyclic amines) is 1. The van der Waals surface area contributed by atoms with Gasteiger partial charge < -0.3 is 9.80 Å². The maximum atomic E-state index is 12.6. The van der Waals surface area contributed by atoms with Crippen molar-refractivity contribution in [1.29, 1.82) is 0 Å². The van der Waals surface area contributed by atoms with Gasteiger partial charge in [0.05, 0.1) is 0 Å². The zero-order chi connectivity index (χ0) is 15.6. The third-order valence-corrected chi connectivity index (χ3v) is 4.33. The van der Waals surface area contributed by atoms with Gasteiger partial charge in [-0.05, 0) is 45.0 Å². The lowest BCUT2D eigenvalue weighted by Crippen LogP contribution is -2.44. The van der Waals surface area contributed by atoms with Gasteiger partial charge in [0.25, 0.3) is 5.91 Å². The number of halogens is 1. The third-order valence-electron chi connectivity index (χ3n) is 4.13. The molecule has 0 radical (unpaired) electrons. The average molecular weight is 310 g/mol. The molecule has 5 heteroatoms. The number of carbonyl (C=O) groups excluding carboxylic acids is 1. The molecule has 0 saturated carbocycles. The fourth-order valence-electron chi connectivity index (χ4n) is 2.70. The van der Waals surface area contributed by atoms with E-state index in [1.165, 1.54) is 0 Å². The standard InChI is InChI=1S/C16H24ClN3O/c1-11(2)14-9-12(10-15(17)18-14)16(21)20-7-5-13(6-8-20)19(3)4/h9-11,13H,5-8H2,1-4H3. The van der Waals surface area contributed by atoms with Crippen LogP contribution in [0, 0.1) is 0 Å². The molecule has 0 spiro atoms. The molecule has 1 fully saturated rings. The van der Waals surface area contributed by atoms with Gasteiger partial charge in [0.15, 0.2) is 0 Å². The number of amides is 1. The molecule has 1 aliphatic rings. The average Bonchev–Trinajstić information content (AvgIpc) is 2.45. The Hall–Kier alpha value is -1.13.